The molecule has 0 spiro atoms. The number of furan rings is 1. The van der Waals surface area contributed by atoms with E-state index in [2.05, 4.69) is 35.2 Å². The van der Waals surface area contributed by atoms with E-state index in [1.165, 1.54) is 5.56 Å². The van der Waals surface area contributed by atoms with Crippen LogP contribution in [0.4, 0.5) is 0 Å². The minimum absolute atomic E-state index is 0.266. The predicted octanol–water partition coefficient (Wildman–Crippen LogP) is 3.18. The molecule has 0 amide bonds. The third kappa shape index (κ3) is 2.75. The van der Waals surface area contributed by atoms with Gasteiger partial charge in [-0.1, -0.05) is 13.8 Å². The van der Waals surface area contributed by atoms with E-state index >= 15 is 0 Å². The van der Waals surface area contributed by atoms with Crippen LogP contribution in [0.2, 0.25) is 0 Å². The molecule has 0 bridgehead atoms. The van der Waals surface area contributed by atoms with Crippen molar-refractivity contribution in [2.24, 2.45) is 5.41 Å². The Labute approximate surface area is 119 Å². The van der Waals surface area contributed by atoms with Crippen LogP contribution in [0.15, 0.2) is 29.2 Å². The monoisotopic (exact) mass is 271 g/mol. The molecule has 0 saturated heterocycles. The molecule has 1 unspecified atom stereocenters. The lowest BCUT2D eigenvalue weighted by molar-refractivity contribution is 0.233. The molecule has 106 valence electrons. The Balaban J connectivity index is 1.78. The lowest BCUT2D eigenvalue weighted by atomic mass is 9.74. The van der Waals surface area contributed by atoms with Gasteiger partial charge in [-0.2, -0.15) is 0 Å². The van der Waals surface area contributed by atoms with E-state index in [1.54, 1.807) is 6.33 Å². The number of hydrogen-bond donors (Lipinski definition) is 1. The zero-order valence-corrected chi connectivity index (χ0v) is 12.3. The van der Waals surface area contributed by atoms with Gasteiger partial charge in [-0.15, -0.1) is 0 Å². The summed E-state index contributed by atoms with van der Waals surface area (Å²) in [7, 11) is 0. The molecule has 0 fully saturated rings. The maximum absolute atomic E-state index is 5.86. The summed E-state index contributed by atoms with van der Waals surface area (Å²) in [5.74, 6) is 2.14. The fourth-order valence-electron chi connectivity index (χ4n) is 3.03. The van der Waals surface area contributed by atoms with Crippen molar-refractivity contribution >= 4 is 0 Å². The van der Waals surface area contributed by atoms with Crippen molar-refractivity contribution in [3.63, 3.8) is 0 Å². The highest BCUT2D eigenvalue weighted by molar-refractivity contribution is 5.29. The van der Waals surface area contributed by atoms with Crippen molar-refractivity contribution in [3.8, 4) is 0 Å². The molecule has 0 radical (unpaired) electrons. The van der Waals surface area contributed by atoms with Gasteiger partial charge in [0.25, 0.3) is 0 Å². The van der Waals surface area contributed by atoms with E-state index in [-0.39, 0.29) is 5.41 Å². The SMILES string of the molecule is Cc1cc2c(o1)CC(C)(C)CC2NCc1cncnc1. The fraction of sp³-hybridized carbons (Fsp3) is 0.500. The van der Waals surface area contributed by atoms with Crippen molar-refractivity contribution in [1.29, 1.82) is 0 Å². The van der Waals surface area contributed by atoms with Gasteiger partial charge in [0.15, 0.2) is 0 Å². The molecule has 1 aliphatic carbocycles. The maximum Gasteiger partial charge on any atom is 0.115 e. The predicted molar refractivity (Wildman–Crippen MR) is 77.2 cm³/mol. The largest absolute Gasteiger partial charge is 0.466 e. The highest BCUT2D eigenvalue weighted by Crippen LogP contribution is 2.42. The molecule has 2 aromatic rings. The van der Waals surface area contributed by atoms with Gasteiger partial charge in [0.2, 0.25) is 0 Å². The van der Waals surface area contributed by atoms with Gasteiger partial charge in [0, 0.05) is 42.5 Å². The lowest BCUT2D eigenvalue weighted by Crippen LogP contribution is -2.32. The van der Waals surface area contributed by atoms with Crippen LogP contribution in [-0.2, 0) is 13.0 Å². The maximum atomic E-state index is 5.86. The van der Waals surface area contributed by atoms with E-state index in [1.807, 2.05) is 19.3 Å². The molecule has 4 heteroatoms. The van der Waals surface area contributed by atoms with Crippen molar-refractivity contribution in [2.75, 3.05) is 0 Å². The van der Waals surface area contributed by atoms with Gasteiger partial charge in [-0.05, 0) is 24.8 Å². The summed E-state index contributed by atoms with van der Waals surface area (Å²) in [4.78, 5) is 8.11. The molecule has 20 heavy (non-hydrogen) atoms. The van der Waals surface area contributed by atoms with Gasteiger partial charge in [0.05, 0.1) is 0 Å². The summed E-state index contributed by atoms with van der Waals surface area (Å²) in [5.41, 5.74) is 2.69. The molecule has 0 saturated carbocycles. The second kappa shape index (κ2) is 5.02. The van der Waals surface area contributed by atoms with Crippen LogP contribution in [0.5, 0.6) is 0 Å². The van der Waals surface area contributed by atoms with Crippen LogP contribution >= 0.6 is 0 Å². The van der Waals surface area contributed by atoms with Gasteiger partial charge in [-0.3, -0.25) is 0 Å². The Hall–Kier alpha value is -1.68. The summed E-state index contributed by atoms with van der Waals surface area (Å²) in [6.07, 6.45) is 7.41. The van der Waals surface area contributed by atoms with Crippen LogP contribution in [0.1, 0.15) is 49.0 Å². The standard InChI is InChI=1S/C16H21N3O/c1-11-4-13-14(5-16(2,3)6-15(13)20-11)19-9-12-7-17-10-18-8-12/h4,7-8,10,14,19H,5-6,9H2,1-3H3. The first-order chi connectivity index (χ1) is 9.53. The Kier molecular flexibility index (Phi) is 3.34. The first-order valence-electron chi connectivity index (χ1n) is 7.10. The summed E-state index contributed by atoms with van der Waals surface area (Å²) < 4.78 is 5.86. The number of nitrogens with zero attached hydrogens (tertiary/aromatic N) is 2. The summed E-state index contributed by atoms with van der Waals surface area (Å²) in [5, 5.41) is 3.62. The molecule has 1 N–H and O–H groups in total. The van der Waals surface area contributed by atoms with Crippen molar-refractivity contribution in [3.05, 3.63) is 47.4 Å². The minimum atomic E-state index is 0.266. The Morgan fingerprint density at radius 2 is 2.10 bits per heavy atom. The molecular formula is C16H21N3O. The molecule has 3 rings (SSSR count). The van der Waals surface area contributed by atoms with E-state index in [9.17, 15) is 0 Å². The molecule has 1 aliphatic rings. The molecule has 1 atom stereocenters. The minimum Gasteiger partial charge on any atom is -0.466 e. The molecule has 2 heterocycles. The second-order valence-electron chi connectivity index (χ2n) is 6.46. The molecule has 0 aliphatic heterocycles. The average molecular weight is 271 g/mol. The smallest absolute Gasteiger partial charge is 0.115 e. The summed E-state index contributed by atoms with van der Waals surface area (Å²) >= 11 is 0. The van der Waals surface area contributed by atoms with Gasteiger partial charge >= 0.3 is 0 Å². The Morgan fingerprint density at radius 1 is 1.35 bits per heavy atom. The average Bonchev–Trinajstić information content (AvgIpc) is 2.76. The summed E-state index contributed by atoms with van der Waals surface area (Å²) in [6.45, 7) is 7.40. The zero-order chi connectivity index (χ0) is 14.2. The normalized spacial score (nSPS) is 20.6. The van der Waals surface area contributed by atoms with E-state index in [0.29, 0.717) is 6.04 Å². The fourth-order valence-corrected chi connectivity index (χ4v) is 3.03. The number of aromatic nitrogens is 2. The van der Waals surface area contributed by atoms with Crippen LogP contribution in [-0.4, -0.2) is 9.97 Å². The first-order valence-corrected chi connectivity index (χ1v) is 7.10. The van der Waals surface area contributed by atoms with Crippen molar-refractivity contribution < 1.29 is 4.42 Å². The quantitative estimate of drug-likeness (QED) is 0.931. The highest BCUT2D eigenvalue weighted by atomic mass is 16.3. The van der Waals surface area contributed by atoms with Crippen LogP contribution in [0.25, 0.3) is 0 Å². The third-order valence-electron chi connectivity index (χ3n) is 3.90. The second-order valence-corrected chi connectivity index (χ2v) is 6.46. The lowest BCUT2D eigenvalue weighted by Gasteiger charge is -2.34. The van der Waals surface area contributed by atoms with Gasteiger partial charge in [0.1, 0.15) is 17.8 Å². The van der Waals surface area contributed by atoms with Gasteiger partial charge in [-0.25, -0.2) is 9.97 Å². The van der Waals surface area contributed by atoms with Crippen LogP contribution in [0, 0.1) is 12.3 Å². The molecule has 2 aromatic heterocycles. The van der Waals surface area contributed by atoms with Crippen LogP contribution in [0.3, 0.4) is 0 Å². The topological polar surface area (TPSA) is 51.0 Å². The number of aryl methyl sites for hydroxylation is 1. The van der Waals surface area contributed by atoms with Crippen molar-refractivity contribution in [2.45, 2.75) is 46.2 Å². The van der Waals surface area contributed by atoms with E-state index < -0.39 is 0 Å². The zero-order valence-electron chi connectivity index (χ0n) is 12.3. The number of nitrogens with one attached hydrogen (secondary N) is 1. The van der Waals surface area contributed by atoms with E-state index in [4.69, 9.17) is 4.42 Å². The first kappa shape index (κ1) is 13.3. The molecule has 4 nitrogen and oxygen atoms in total. The summed E-state index contributed by atoms with van der Waals surface area (Å²) in [6, 6.07) is 2.51. The van der Waals surface area contributed by atoms with Gasteiger partial charge < -0.3 is 9.73 Å². The number of fused-ring (bicyclic) bond motifs is 1. The number of hydrogen-bond acceptors (Lipinski definition) is 4. The van der Waals surface area contributed by atoms with Crippen LogP contribution < -0.4 is 5.32 Å². The van der Waals surface area contributed by atoms with E-state index in [0.717, 1.165) is 36.5 Å². The Morgan fingerprint density at radius 3 is 2.85 bits per heavy atom. The number of rotatable bonds is 3. The third-order valence-corrected chi connectivity index (χ3v) is 3.90. The highest BCUT2D eigenvalue weighted by Gasteiger charge is 2.34. The Bertz CT molecular complexity index is 589. The van der Waals surface area contributed by atoms with Crippen molar-refractivity contribution in [1.82, 2.24) is 15.3 Å². The molecular weight excluding hydrogens is 250 g/mol. The molecule has 0 aromatic carbocycles.